The Kier molecular flexibility index (Phi) is 4.85. The van der Waals surface area contributed by atoms with E-state index in [9.17, 15) is 23.2 Å². The minimum Gasteiger partial charge on any atom is -0.368 e. The first-order chi connectivity index (χ1) is 10.4. The van der Waals surface area contributed by atoms with E-state index >= 15 is 0 Å². The Bertz CT molecular complexity index is 619. The van der Waals surface area contributed by atoms with Gasteiger partial charge in [0.05, 0.1) is 5.56 Å². The van der Waals surface area contributed by atoms with E-state index < -0.39 is 35.4 Å². The number of halogens is 2. The fourth-order valence-corrected chi connectivity index (χ4v) is 2.66. The number of carbonyl (C=O) groups is 3. The highest BCUT2D eigenvalue weighted by Gasteiger charge is 2.32. The van der Waals surface area contributed by atoms with E-state index in [1.54, 1.807) is 0 Å². The van der Waals surface area contributed by atoms with Crippen LogP contribution in [0.5, 0.6) is 0 Å². The monoisotopic (exact) mass is 310 g/mol. The van der Waals surface area contributed by atoms with Gasteiger partial charge in [-0.1, -0.05) is 0 Å². The van der Waals surface area contributed by atoms with Crippen LogP contribution in [0.4, 0.5) is 8.78 Å². The number of nitrogens with two attached hydrogens (primary N) is 1. The molecule has 1 saturated carbocycles. The van der Waals surface area contributed by atoms with Crippen LogP contribution in [0.2, 0.25) is 0 Å². The van der Waals surface area contributed by atoms with Gasteiger partial charge in [0.2, 0.25) is 5.91 Å². The van der Waals surface area contributed by atoms with Crippen molar-refractivity contribution in [3.8, 4) is 0 Å². The first kappa shape index (κ1) is 16.1. The van der Waals surface area contributed by atoms with E-state index in [0.29, 0.717) is 25.3 Å². The second-order valence-corrected chi connectivity index (χ2v) is 5.37. The van der Waals surface area contributed by atoms with Crippen molar-refractivity contribution in [2.24, 2.45) is 11.7 Å². The van der Waals surface area contributed by atoms with Gasteiger partial charge in [-0.25, -0.2) is 8.78 Å². The van der Waals surface area contributed by atoms with E-state index in [1.807, 2.05) is 0 Å². The summed E-state index contributed by atoms with van der Waals surface area (Å²) in [6.45, 7) is 0. The summed E-state index contributed by atoms with van der Waals surface area (Å²) in [5.74, 6) is -3.87. The molecule has 2 amide bonds. The SMILES string of the molecule is NC(=O)[C@@H](NC(=O)c1ccc(F)cc1F)[C@@H]1CCCC(=O)C1. The van der Waals surface area contributed by atoms with Gasteiger partial charge in [0.15, 0.2) is 0 Å². The molecule has 1 aliphatic carbocycles. The molecule has 0 bridgehead atoms. The Morgan fingerprint density at radius 3 is 2.64 bits per heavy atom. The van der Waals surface area contributed by atoms with Crippen molar-refractivity contribution in [2.75, 3.05) is 0 Å². The number of amides is 2. The number of hydrogen-bond donors (Lipinski definition) is 2. The maximum absolute atomic E-state index is 13.6. The topological polar surface area (TPSA) is 89.3 Å². The van der Waals surface area contributed by atoms with Crippen LogP contribution < -0.4 is 11.1 Å². The van der Waals surface area contributed by atoms with E-state index in [-0.39, 0.29) is 17.8 Å². The Hall–Kier alpha value is -2.31. The first-order valence-corrected chi connectivity index (χ1v) is 6.95. The smallest absolute Gasteiger partial charge is 0.254 e. The molecular weight excluding hydrogens is 294 g/mol. The molecule has 1 aliphatic rings. The Morgan fingerprint density at radius 1 is 1.32 bits per heavy atom. The van der Waals surface area contributed by atoms with E-state index in [1.165, 1.54) is 0 Å². The van der Waals surface area contributed by atoms with E-state index in [0.717, 1.165) is 12.1 Å². The van der Waals surface area contributed by atoms with Crippen LogP contribution >= 0.6 is 0 Å². The molecule has 2 rings (SSSR count). The van der Waals surface area contributed by atoms with Gasteiger partial charge in [0.25, 0.3) is 5.91 Å². The molecule has 7 heteroatoms. The van der Waals surface area contributed by atoms with Gasteiger partial charge < -0.3 is 11.1 Å². The lowest BCUT2D eigenvalue weighted by Gasteiger charge is -2.28. The fraction of sp³-hybridized carbons (Fsp3) is 0.400. The largest absolute Gasteiger partial charge is 0.368 e. The number of primary amides is 1. The van der Waals surface area contributed by atoms with Crippen molar-refractivity contribution >= 4 is 17.6 Å². The molecule has 0 saturated heterocycles. The predicted molar refractivity (Wildman–Crippen MR) is 73.8 cm³/mol. The molecule has 22 heavy (non-hydrogen) atoms. The minimum atomic E-state index is -1.05. The number of Topliss-reactive ketones (excluding diaryl/α,β-unsaturated/α-hetero) is 1. The van der Waals surface area contributed by atoms with Crippen molar-refractivity contribution in [2.45, 2.75) is 31.7 Å². The zero-order valence-electron chi connectivity index (χ0n) is 11.8. The van der Waals surface area contributed by atoms with Gasteiger partial charge >= 0.3 is 0 Å². The molecule has 118 valence electrons. The number of rotatable bonds is 4. The summed E-state index contributed by atoms with van der Waals surface area (Å²) in [5.41, 5.74) is 4.90. The maximum Gasteiger partial charge on any atom is 0.254 e. The maximum atomic E-state index is 13.6. The molecule has 0 radical (unpaired) electrons. The van der Waals surface area contributed by atoms with E-state index in [4.69, 9.17) is 5.73 Å². The van der Waals surface area contributed by atoms with Crippen LogP contribution in [0, 0.1) is 17.6 Å². The third kappa shape index (κ3) is 3.66. The van der Waals surface area contributed by atoms with Gasteiger partial charge in [-0.15, -0.1) is 0 Å². The third-order valence-electron chi connectivity index (χ3n) is 3.76. The highest BCUT2D eigenvalue weighted by molar-refractivity contribution is 5.97. The summed E-state index contributed by atoms with van der Waals surface area (Å²) in [5, 5.41) is 2.36. The number of hydrogen-bond acceptors (Lipinski definition) is 3. The van der Waals surface area contributed by atoms with Gasteiger partial charge in [0, 0.05) is 18.9 Å². The Morgan fingerprint density at radius 2 is 2.05 bits per heavy atom. The highest BCUT2D eigenvalue weighted by Crippen LogP contribution is 2.24. The molecule has 5 nitrogen and oxygen atoms in total. The molecule has 0 heterocycles. The van der Waals surface area contributed by atoms with Gasteiger partial charge in [-0.3, -0.25) is 14.4 Å². The van der Waals surface area contributed by atoms with Crippen molar-refractivity contribution < 1.29 is 23.2 Å². The highest BCUT2D eigenvalue weighted by atomic mass is 19.1. The fourth-order valence-electron chi connectivity index (χ4n) is 2.66. The van der Waals surface area contributed by atoms with Crippen LogP contribution in [-0.2, 0) is 9.59 Å². The summed E-state index contributed by atoms with van der Waals surface area (Å²) in [6, 6.07) is 1.46. The Labute approximate surface area is 125 Å². The van der Waals surface area contributed by atoms with Crippen LogP contribution in [0.25, 0.3) is 0 Å². The molecule has 2 atom stereocenters. The summed E-state index contributed by atoms with van der Waals surface area (Å²) < 4.78 is 26.4. The molecule has 1 aromatic carbocycles. The molecular formula is C15H16F2N2O3. The van der Waals surface area contributed by atoms with Crippen LogP contribution in [0.15, 0.2) is 18.2 Å². The summed E-state index contributed by atoms with van der Waals surface area (Å²) >= 11 is 0. The standard InChI is InChI=1S/C15H16F2N2O3/c16-9-4-5-11(12(17)7-9)15(22)19-13(14(18)21)8-2-1-3-10(20)6-8/h4-5,7-8,13H,1-3,6H2,(H2,18,21)(H,19,22)/t8-,13+/m1/s1. The molecule has 1 fully saturated rings. The minimum absolute atomic E-state index is 0.00436. The number of nitrogens with one attached hydrogen (secondary N) is 1. The number of ketones is 1. The molecule has 3 N–H and O–H groups in total. The zero-order valence-corrected chi connectivity index (χ0v) is 11.8. The van der Waals surface area contributed by atoms with Crippen LogP contribution in [0.1, 0.15) is 36.0 Å². The average Bonchev–Trinajstić information content (AvgIpc) is 2.44. The Balaban J connectivity index is 2.15. The molecule has 0 unspecified atom stereocenters. The second kappa shape index (κ2) is 6.64. The molecule has 0 aliphatic heterocycles. The van der Waals surface area contributed by atoms with Gasteiger partial charge in [-0.05, 0) is 30.9 Å². The van der Waals surface area contributed by atoms with Crippen LogP contribution in [-0.4, -0.2) is 23.6 Å². The van der Waals surface area contributed by atoms with E-state index in [2.05, 4.69) is 5.32 Å². The summed E-state index contributed by atoms with van der Waals surface area (Å²) in [4.78, 5) is 35.1. The lowest BCUT2D eigenvalue weighted by atomic mass is 9.82. The van der Waals surface area contributed by atoms with Gasteiger partial charge in [0.1, 0.15) is 23.5 Å². The van der Waals surface area contributed by atoms with Crippen molar-refractivity contribution in [1.82, 2.24) is 5.32 Å². The number of carbonyl (C=O) groups excluding carboxylic acids is 3. The molecule has 0 aromatic heterocycles. The van der Waals surface area contributed by atoms with Gasteiger partial charge in [-0.2, -0.15) is 0 Å². The second-order valence-electron chi connectivity index (χ2n) is 5.37. The van der Waals surface area contributed by atoms with Crippen molar-refractivity contribution in [3.05, 3.63) is 35.4 Å². The summed E-state index contributed by atoms with van der Waals surface area (Å²) in [6.07, 6.45) is 1.79. The molecule has 1 aromatic rings. The lowest BCUT2D eigenvalue weighted by Crippen LogP contribution is -2.50. The van der Waals surface area contributed by atoms with Crippen LogP contribution in [0.3, 0.4) is 0 Å². The average molecular weight is 310 g/mol. The zero-order chi connectivity index (χ0) is 16.3. The van der Waals surface area contributed by atoms with Crippen molar-refractivity contribution in [3.63, 3.8) is 0 Å². The summed E-state index contributed by atoms with van der Waals surface area (Å²) in [7, 11) is 0. The predicted octanol–water partition coefficient (Wildman–Crippen LogP) is 1.31. The normalized spacial score (nSPS) is 19.5. The van der Waals surface area contributed by atoms with Crippen molar-refractivity contribution in [1.29, 1.82) is 0 Å². The lowest BCUT2D eigenvalue weighted by molar-refractivity contribution is -0.124. The third-order valence-corrected chi connectivity index (χ3v) is 3.76. The molecule has 0 spiro atoms. The quantitative estimate of drug-likeness (QED) is 0.878. The number of benzene rings is 1. The first-order valence-electron chi connectivity index (χ1n) is 6.95.